The molecule has 0 radical (unpaired) electrons. The Kier molecular flexibility index (Phi) is 3.41. The van der Waals surface area contributed by atoms with Gasteiger partial charge in [-0.3, -0.25) is 4.79 Å². The van der Waals surface area contributed by atoms with Crippen molar-refractivity contribution in [2.75, 3.05) is 7.11 Å². The first-order chi connectivity index (χ1) is 11.3. The third kappa shape index (κ3) is 2.32. The van der Waals surface area contributed by atoms with Crippen LogP contribution < -0.4 is 10.3 Å². The van der Waals surface area contributed by atoms with Gasteiger partial charge < -0.3 is 9.72 Å². The van der Waals surface area contributed by atoms with E-state index in [9.17, 15) is 4.79 Å². The molecule has 0 saturated carbocycles. The third-order valence-electron chi connectivity index (χ3n) is 4.59. The smallest absolute Gasteiger partial charge is 0.282 e. The van der Waals surface area contributed by atoms with E-state index < -0.39 is 0 Å². The molecular weight excluding hydrogens is 290 g/mol. The Morgan fingerprint density at radius 2 is 1.91 bits per heavy atom. The van der Waals surface area contributed by atoms with Gasteiger partial charge in [0, 0.05) is 11.9 Å². The average molecular weight is 309 g/mol. The first-order valence-corrected chi connectivity index (χ1v) is 8.04. The van der Waals surface area contributed by atoms with Gasteiger partial charge in [-0.25, -0.2) is 0 Å². The fraction of sp³-hybridized carbons (Fsp3) is 0.333. The van der Waals surface area contributed by atoms with Gasteiger partial charge in [-0.2, -0.15) is 9.78 Å². The van der Waals surface area contributed by atoms with Crippen molar-refractivity contribution in [3.8, 4) is 22.7 Å². The number of pyridine rings is 1. The van der Waals surface area contributed by atoms with Crippen molar-refractivity contribution >= 4 is 0 Å². The summed E-state index contributed by atoms with van der Waals surface area (Å²) in [5, 5.41) is 4.64. The van der Waals surface area contributed by atoms with E-state index >= 15 is 0 Å². The minimum absolute atomic E-state index is 0.0755. The van der Waals surface area contributed by atoms with Gasteiger partial charge in [0.05, 0.1) is 18.4 Å². The quantitative estimate of drug-likeness (QED) is 0.740. The summed E-state index contributed by atoms with van der Waals surface area (Å²) in [6.07, 6.45) is 7.42. The fourth-order valence-corrected chi connectivity index (χ4v) is 3.33. The van der Waals surface area contributed by atoms with Crippen LogP contribution in [0.2, 0.25) is 0 Å². The molecule has 0 bridgehead atoms. The van der Waals surface area contributed by atoms with Crippen LogP contribution in [0, 0.1) is 0 Å². The van der Waals surface area contributed by atoms with Crippen molar-refractivity contribution < 1.29 is 4.74 Å². The van der Waals surface area contributed by atoms with Gasteiger partial charge in [0.15, 0.2) is 0 Å². The van der Waals surface area contributed by atoms with E-state index in [2.05, 4.69) is 10.1 Å². The van der Waals surface area contributed by atoms with Gasteiger partial charge in [0.1, 0.15) is 11.4 Å². The number of hydrogen-bond donors (Lipinski definition) is 1. The Labute approximate surface area is 134 Å². The number of benzene rings is 1. The summed E-state index contributed by atoms with van der Waals surface area (Å²) >= 11 is 0. The monoisotopic (exact) mass is 309 g/mol. The highest BCUT2D eigenvalue weighted by atomic mass is 16.5. The number of fused-ring (bicyclic) bond motifs is 3. The molecule has 0 atom stereocenters. The van der Waals surface area contributed by atoms with Gasteiger partial charge in [-0.15, -0.1) is 0 Å². The first kappa shape index (κ1) is 14.1. The van der Waals surface area contributed by atoms with Crippen molar-refractivity contribution in [2.45, 2.75) is 32.1 Å². The number of aryl methyl sites for hydroxylation is 1. The van der Waals surface area contributed by atoms with Crippen LogP contribution >= 0.6 is 0 Å². The first-order valence-electron chi connectivity index (χ1n) is 8.04. The second-order valence-electron chi connectivity index (χ2n) is 5.98. The molecule has 0 amide bonds. The molecule has 4 rings (SSSR count). The molecular formula is C18H19N3O2. The zero-order chi connectivity index (χ0) is 15.8. The molecule has 0 saturated heterocycles. The molecule has 2 heterocycles. The van der Waals surface area contributed by atoms with E-state index in [1.165, 1.54) is 28.8 Å². The van der Waals surface area contributed by atoms with E-state index in [-0.39, 0.29) is 5.56 Å². The molecule has 2 aliphatic heterocycles. The average Bonchev–Trinajstić information content (AvgIpc) is 2.77. The Morgan fingerprint density at radius 1 is 1.13 bits per heavy atom. The predicted molar refractivity (Wildman–Crippen MR) is 88.6 cm³/mol. The van der Waals surface area contributed by atoms with Crippen LogP contribution in [0.4, 0.5) is 0 Å². The molecule has 1 aliphatic carbocycles. The Bertz CT molecular complexity index is 861. The lowest BCUT2D eigenvalue weighted by Gasteiger charge is -2.08. The summed E-state index contributed by atoms with van der Waals surface area (Å²) in [7, 11) is 1.63. The van der Waals surface area contributed by atoms with Crippen LogP contribution in [-0.2, 0) is 12.8 Å². The molecule has 1 aromatic carbocycles. The van der Waals surface area contributed by atoms with E-state index in [4.69, 9.17) is 4.74 Å². The number of rotatable bonds is 2. The summed E-state index contributed by atoms with van der Waals surface area (Å²) in [5.41, 5.74) is 4.64. The number of aromatic amines is 1. The molecule has 1 N–H and O–H groups in total. The number of ether oxygens (including phenoxy) is 1. The minimum atomic E-state index is -0.0755. The summed E-state index contributed by atoms with van der Waals surface area (Å²) in [5.74, 6) is 0.764. The highest BCUT2D eigenvalue weighted by Gasteiger charge is 2.23. The van der Waals surface area contributed by atoms with Gasteiger partial charge in [-0.1, -0.05) is 6.42 Å². The molecule has 3 aliphatic rings. The Hall–Kier alpha value is -2.56. The van der Waals surface area contributed by atoms with E-state index in [0.717, 1.165) is 36.4 Å². The maximum Gasteiger partial charge on any atom is 0.282 e. The van der Waals surface area contributed by atoms with Crippen molar-refractivity contribution in [1.29, 1.82) is 0 Å². The number of aromatic nitrogens is 3. The predicted octanol–water partition coefficient (Wildman–Crippen LogP) is 2.94. The normalized spacial score (nSPS) is 14.5. The summed E-state index contributed by atoms with van der Waals surface area (Å²) in [6, 6.07) is 7.39. The van der Waals surface area contributed by atoms with Crippen molar-refractivity contribution in [2.24, 2.45) is 0 Å². The molecule has 0 unspecified atom stereocenters. The van der Waals surface area contributed by atoms with Gasteiger partial charge >= 0.3 is 0 Å². The fourth-order valence-electron chi connectivity index (χ4n) is 3.33. The topological polar surface area (TPSA) is 59.9 Å². The van der Waals surface area contributed by atoms with Gasteiger partial charge in [-0.05, 0) is 55.5 Å². The number of nitrogens with one attached hydrogen (secondary N) is 1. The van der Waals surface area contributed by atoms with Crippen molar-refractivity contribution in [3.63, 3.8) is 0 Å². The van der Waals surface area contributed by atoms with Gasteiger partial charge in [0.2, 0.25) is 0 Å². The third-order valence-corrected chi connectivity index (χ3v) is 4.59. The second kappa shape index (κ2) is 5.57. The lowest BCUT2D eigenvalue weighted by atomic mass is 10.0. The molecule has 0 fully saturated rings. The molecule has 0 aromatic heterocycles. The highest BCUT2D eigenvalue weighted by molar-refractivity contribution is 5.65. The van der Waals surface area contributed by atoms with Crippen molar-refractivity contribution in [1.82, 2.24) is 14.8 Å². The zero-order valence-electron chi connectivity index (χ0n) is 13.1. The minimum Gasteiger partial charge on any atom is -0.497 e. The Balaban J connectivity index is 1.88. The van der Waals surface area contributed by atoms with Crippen LogP contribution in [0.1, 0.15) is 30.5 Å². The molecule has 23 heavy (non-hydrogen) atoms. The second-order valence-corrected chi connectivity index (χ2v) is 5.98. The van der Waals surface area contributed by atoms with Crippen LogP contribution in [0.3, 0.4) is 0 Å². The van der Waals surface area contributed by atoms with Crippen LogP contribution in [0.25, 0.3) is 16.9 Å². The van der Waals surface area contributed by atoms with Gasteiger partial charge in [0.25, 0.3) is 5.56 Å². The SMILES string of the molecule is COc1ccc(-n2nc3c4c([nH]cc-3c2=O)CCCCC4)cc1. The van der Waals surface area contributed by atoms with Crippen LogP contribution in [-0.4, -0.2) is 21.9 Å². The standard InChI is InChI=1S/C18H19N3O2/c1-23-13-9-7-12(8-10-13)21-18(22)15-11-19-16-6-4-2-3-5-14(16)17(15)20-21/h7-11,19H,2-6H2,1H3. The largest absolute Gasteiger partial charge is 0.497 e. The number of nitrogens with zero attached hydrogens (tertiary/aromatic N) is 2. The van der Waals surface area contributed by atoms with E-state index in [0.29, 0.717) is 5.56 Å². The highest BCUT2D eigenvalue weighted by Crippen LogP contribution is 2.28. The van der Waals surface area contributed by atoms with E-state index in [1.54, 1.807) is 7.11 Å². The van der Waals surface area contributed by atoms with Crippen LogP contribution in [0.15, 0.2) is 35.3 Å². The maximum atomic E-state index is 12.7. The van der Waals surface area contributed by atoms with Crippen molar-refractivity contribution in [3.05, 3.63) is 52.1 Å². The summed E-state index contributed by atoms with van der Waals surface area (Å²) in [4.78, 5) is 16.0. The number of H-pyrrole nitrogens is 1. The number of hydrogen-bond acceptors (Lipinski definition) is 3. The van der Waals surface area contributed by atoms with Crippen LogP contribution in [0.5, 0.6) is 5.75 Å². The number of methoxy groups -OCH3 is 1. The zero-order valence-corrected chi connectivity index (χ0v) is 13.1. The van der Waals surface area contributed by atoms with E-state index in [1.807, 2.05) is 30.5 Å². The maximum absolute atomic E-state index is 12.7. The molecule has 1 aromatic rings. The molecule has 5 heteroatoms. The molecule has 0 spiro atoms. The Morgan fingerprint density at radius 3 is 2.70 bits per heavy atom. The summed E-state index contributed by atoms with van der Waals surface area (Å²) in [6.45, 7) is 0. The lowest BCUT2D eigenvalue weighted by molar-refractivity contribution is 0.414. The molecule has 5 nitrogen and oxygen atoms in total. The molecule has 118 valence electrons. The lowest BCUT2D eigenvalue weighted by Crippen LogP contribution is -2.14. The summed E-state index contributed by atoms with van der Waals surface area (Å²) < 4.78 is 6.66.